The van der Waals surface area contributed by atoms with Gasteiger partial charge in [0.25, 0.3) is 0 Å². The smallest absolute Gasteiger partial charge is 0.0849 e. The molecule has 0 aliphatic rings. The molecule has 0 aliphatic carbocycles. The van der Waals surface area contributed by atoms with Crippen molar-refractivity contribution >= 4 is 23.2 Å². The van der Waals surface area contributed by atoms with Crippen LogP contribution in [0.4, 0.5) is 0 Å². The van der Waals surface area contributed by atoms with Crippen LogP contribution < -0.4 is 15.9 Å². The van der Waals surface area contributed by atoms with Crippen molar-refractivity contribution in [3.63, 3.8) is 0 Å². The highest BCUT2D eigenvalue weighted by Crippen LogP contribution is 2.55. The van der Waals surface area contributed by atoms with E-state index in [1.54, 1.807) is 0 Å². The summed E-state index contributed by atoms with van der Waals surface area (Å²) in [7, 11) is -1.68. The first-order chi connectivity index (χ1) is 12.4. The van der Waals surface area contributed by atoms with Gasteiger partial charge in [0.2, 0.25) is 0 Å². The number of hydrogen-bond acceptors (Lipinski definition) is 0. The van der Waals surface area contributed by atoms with E-state index >= 15 is 0 Å². The fourth-order valence-electron chi connectivity index (χ4n) is 3.33. The van der Waals surface area contributed by atoms with E-state index in [4.69, 9.17) is 0 Å². The number of rotatable bonds is 7. The minimum atomic E-state index is -1.68. The lowest BCUT2D eigenvalue weighted by molar-refractivity contribution is 0.957. The van der Waals surface area contributed by atoms with Crippen LogP contribution in [0.5, 0.6) is 0 Å². The molecule has 0 unspecified atom stereocenters. The Kier molecular flexibility index (Phi) is 6.20. The highest BCUT2D eigenvalue weighted by molar-refractivity contribution is 7.95. The average molecular weight is 345 g/mol. The Bertz CT molecular complexity index is 679. The zero-order valence-electron chi connectivity index (χ0n) is 14.9. The molecular weight excluding hydrogens is 319 g/mol. The molecule has 0 aromatic heterocycles. The minimum Gasteiger partial charge on any atom is -0.0849 e. The molecule has 0 N–H and O–H groups in total. The van der Waals surface area contributed by atoms with Gasteiger partial charge in [0, 0.05) is 0 Å². The molecule has 1 heteroatoms. The van der Waals surface area contributed by atoms with Crippen molar-refractivity contribution in [1.29, 1.82) is 0 Å². The van der Waals surface area contributed by atoms with Crippen LogP contribution in [0.3, 0.4) is 0 Å². The molecule has 0 saturated carbocycles. The quantitative estimate of drug-likeness (QED) is 0.401. The van der Waals surface area contributed by atoms with E-state index in [0.29, 0.717) is 0 Å². The van der Waals surface area contributed by atoms with Crippen molar-refractivity contribution in [2.45, 2.75) is 19.8 Å². The first-order valence-corrected chi connectivity index (χ1v) is 11.1. The van der Waals surface area contributed by atoms with Crippen LogP contribution in [0.25, 0.3) is 0 Å². The molecule has 0 fully saturated rings. The SMILES string of the molecule is CCC/C=C/C[P+](c1ccccc1)(c1ccccc1)c1ccccc1. The standard InChI is InChI=1S/C24H26P/c1-2-3-4-14-21-25(22-15-8-5-9-16-22,23-17-10-6-11-18-23)24-19-12-7-13-20-24/h4-20H,2-3,21H2,1H3/q+1/b14-4+. The molecule has 3 aromatic rings. The summed E-state index contributed by atoms with van der Waals surface area (Å²) in [5, 5.41) is 4.36. The van der Waals surface area contributed by atoms with Crippen LogP contribution >= 0.6 is 7.26 Å². The van der Waals surface area contributed by atoms with E-state index in [1.165, 1.54) is 22.3 Å². The summed E-state index contributed by atoms with van der Waals surface area (Å²) in [5.74, 6) is 0. The summed E-state index contributed by atoms with van der Waals surface area (Å²) in [6.07, 6.45) is 8.18. The Balaban J connectivity index is 2.20. The summed E-state index contributed by atoms with van der Waals surface area (Å²) in [6.45, 7) is 2.23. The second kappa shape index (κ2) is 8.79. The Morgan fingerprint density at radius 1 is 0.600 bits per heavy atom. The number of hydrogen-bond donors (Lipinski definition) is 0. The molecule has 0 bridgehead atoms. The first-order valence-electron chi connectivity index (χ1n) is 9.08. The third kappa shape index (κ3) is 3.91. The minimum absolute atomic E-state index is 1.07. The van der Waals surface area contributed by atoms with E-state index < -0.39 is 7.26 Å². The molecule has 126 valence electrons. The molecule has 0 nitrogen and oxygen atoms in total. The topological polar surface area (TPSA) is 0 Å². The molecular formula is C24H26P+. The van der Waals surface area contributed by atoms with Crippen LogP contribution in [0, 0.1) is 0 Å². The second-order valence-electron chi connectivity index (χ2n) is 6.26. The predicted molar refractivity (Wildman–Crippen MR) is 114 cm³/mol. The molecule has 0 spiro atoms. The van der Waals surface area contributed by atoms with Crippen molar-refractivity contribution in [1.82, 2.24) is 0 Å². The highest BCUT2D eigenvalue weighted by Gasteiger charge is 2.43. The third-order valence-corrected chi connectivity index (χ3v) is 8.89. The predicted octanol–water partition coefficient (Wildman–Crippen LogP) is 5.34. The maximum atomic E-state index is 2.41. The summed E-state index contributed by atoms with van der Waals surface area (Å²) in [6, 6.07) is 33.2. The average Bonchev–Trinajstić information content (AvgIpc) is 2.70. The van der Waals surface area contributed by atoms with E-state index in [9.17, 15) is 0 Å². The molecule has 25 heavy (non-hydrogen) atoms. The zero-order chi connectivity index (χ0) is 17.4. The fourth-order valence-corrected chi connectivity index (χ4v) is 7.36. The lowest BCUT2D eigenvalue weighted by atomic mass is 10.3. The van der Waals surface area contributed by atoms with E-state index in [1.807, 2.05) is 0 Å². The Morgan fingerprint density at radius 2 is 1.00 bits per heavy atom. The number of benzene rings is 3. The molecule has 0 atom stereocenters. The third-order valence-electron chi connectivity index (χ3n) is 4.59. The molecule has 0 amide bonds. The Hall–Kier alpha value is -2.17. The van der Waals surface area contributed by atoms with Gasteiger partial charge in [-0.2, -0.15) is 0 Å². The zero-order valence-corrected chi connectivity index (χ0v) is 15.8. The molecule has 0 saturated heterocycles. The maximum Gasteiger partial charge on any atom is 0.115 e. The molecule has 0 radical (unpaired) electrons. The lowest BCUT2D eigenvalue weighted by Crippen LogP contribution is -2.32. The van der Waals surface area contributed by atoms with Gasteiger partial charge in [0.05, 0.1) is 6.16 Å². The number of allylic oxidation sites excluding steroid dienone is 2. The molecule has 0 heterocycles. The number of unbranched alkanes of at least 4 members (excludes halogenated alkanes) is 1. The van der Waals surface area contributed by atoms with Crippen molar-refractivity contribution < 1.29 is 0 Å². The summed E-state index contributed by atoms with van der Waals surface area (Å²) < 4.78 is 0. The van der Waals surface area contributed by atoms with Gasteiger partial charge in [-0.1, -0.05) is 80.1 Å². The van der Waals surface area contributed by atoms with Gasteiger partial charge in [-0.05, 0) is 42.8 Å². The maximum absolute atomic E-state index is 2.41. The monoisotopic (exact) mass is 345 g/mol. The van der Waals surface area contributed by atoms with Gasteiger partial charge >= 0.3 is 0 Å². The van der Waals surface area contributed by atoms with Crippen LogP contribution in [0.15, 0.2) is 103 Å². The lowest BCUT2D eigenvalue weighted by Gasteiger charge is -2.26. The van der Waals surface area contributed by atoms with Gasteiger partial charge in [0.15, 0.2) is 0 Å². The molecule has 3 rings (SSSR count). The van der Waals surface area contributed by atoms with Crippen LogP contribution in [-0.4, -0.2) is 6.16 Å². The van der Waals surface area contributed by atoms with Gasteiger partial charge in [-0.15, -0.1) is 0 Å². The summed E-state index contributed by atoms with van der Waals surface area (Å²) in [4.78, 5) is 0. The molecule has 0 aliphatic heterocycles. The van der Waals surface area contributed by atoms with Crippen molar-refractivity contribution in [3.8, 4) is 0 Å². The van der Waals surface area contributed by atoms with Crippen LogP contribution in [-0.2, 0) is 0 Å². The fraction of sp³-hybridized carbons (Fsp3) is 0.167. The van der Waals surface area contributed by atoms with Crippen molar-refractivity contribution in [3.05, 3.63) is 103 Å². The van der Waals surface area contributed by atoms with E-state index in [0.717, 1.165) is 12.6 Å². The van der Waals surface area contributed by atoms with Gasteiger partial charge in [-0.3, -0.25) is 0 Å². The largest absolute Gasteiger partial charge is 0.115 e. The normalized spacial score (nSPS) is 11.7. The van der Waals surface area contributed by atoms with Crippen LogP contribution in [0.2, 0.25) is 0 Å². The Morgan fingerprint density at radius 3 is 1.36 bits per heavy atom. The van der Waals surface area contributed by atoms with Crippen molar-refractivity contribution in [2.75, 3.05) is 6.16 Å². The summed E-state index contributed by atoms with van der Waals surface area (Å²) in [5.41, 5.74) is 0. The van der Waals surface area contributed by atoms with Gasteiger partial charge < -0.3 is 0 Å². The first kappa shape index (κ1) is 17.6. The van der Waals surface area contributed by atoms with Crippen LogP contribution in [0.1, 0.15) is 19.8 Å². The van der Waals surface area contributed by atoms with E-state index in [-0.39, 0.29) is 0 Å². The Labute approximate surface area is 152 Å². The summed E-state index contributed by atoms with van der Waals surface area (Å²) >= 11 is 0. The van der Waals surface area contributed by atoms with E-state index in [2.05, 4.69) is 110 Å². The van der Waals surface area contributed by atoms with Gasteiger partial charge in [-0.25, -0.2) is 0 Å². The highest BCUT2D eigenvalue weighted by atomic mass is 31.2. The van der Waals surface area contributed by atoms with Crippen molar-refractivity contribution in [2.24, 2.45) is 0 Å². The second-order valence-corrected chi connectivity index (χ2v) is 9.79. The van der Waals surface area contributed by atoms with Gasteiger partial charge in [0.1, 0.15) is 23.2 Å². The molecule has 3 aromatic carbocycles.